The fraction of sp³-hybridized carbons (Fsp3) is 0.368. The molecule has 3 heterocycles. The van der Waals surface area contributed by atoms with Gasteiger partial charge in [0, 0.05) is 22.3 Å². The fourth-order valence-corrected chi connectivity index (χ4v) is 3.86. The number of aliphatic hydroxyl groups excluding tert-OH is 2. The first kappa shape index (κ1) is 21.5. The molecule has 0 aliphatic carbocycles. The Morgan fingerprint density at radius 2 is 1.97 bits per heavy atom. The third kappa shape index (κ3) is 3.86. The van der Waals surface area contributed by atoms with Gasteiger partial charge in [-0.05, 0) is 35.0 Å². The van der Waals surface area contributed by atoms with E-state index >= 15 is 0 Å². The summed E-state index contributed by atoms with van der Waals surface area (Å²) in [5, 5.41) is 21.2. The molecule has 3 N–H and O–H groups in total. The minimum absolute atomic E-state index is 0.0773. The number of halogens is 3. The summed E-state index contributed by atoms with van der Waals surface area (Å²) in [6.45, 7) is 0.722. The van der Waals surface area contributed by atoms with Crippen molar-refractivity contribution < 1.29 is 38.0 Å². The lowest BCUT2D eigenvalue weighted by Crippen LogP contribution is -2.41. The van der Waals surface area contributed by atoms with Crippen LogP contribution in [0.3, 0.4) is 0 Å². The molecule has 0 fully saturated rings. The van der Waals surface area contributed by atoms with Gasteiger partial charge in [-0.25, -0.2) is 0 Å². The SMILES string of the molecule is C[C@]1(C(=O)Nc2cc(Br)cn(C[C@@H](O)CO)c2=O)COc2cc3c(cc21)OC(F)(F)O3. The lowest BCUT2D eigenvalue weighted by molar-refractivity contribution is -0.286. The summed E-state index contributed by atoms with van der Waals surface area (Å²) in [4.78, 5) is 25.8. The number of rotatable bonds is 5. The van der Waals surface area contributed by atoms with Crippen LogP contribution in [0.25, 0.3) is 0 Å². The Morgan fingerprint density at radius 1 is 1.29 bits per heavy atom. The predicted octanol–water partition coefficient (Wildman–Crippen LogP) is 1.57. The Balaban J connectivity index is 1.64. The number of pyridine rings is 1. The van der Waals surface area contributed by atoms with Crippen molar-refractivity contribution in [3.05, 3.63) is 44.8 Å². The highest BCUT2D eigenvalue weighted by molar-refractivity contribution is 9.10. The number of hydrogen-bond donors (Lipinski definition) is 3. The summed E-state index contributed by atoms with van der Waals surface area (Å²) in [5.41, 5.74) is -1.69. The van der Waals surface area contributed by atoms with Crippen molar-refractivity contribution in [2.24, 2.45) is 0 Å². The summed E-state index contributed by atoms with van der Waals surface area (Å²) in [6, 6.07) is 3.88. The number of alkyl halides is 2. The quantitative estimate of drug-likeness (QED) is 0.567. The number of benzene rings is 1. The van der Waals surface area contributed by atoms with E-state index in [1.165, 1.54) is 24.4 Å². The van der Waals surface area contributed by atoms with Crippen LogP contribution in [0.4, 0.5) is 14.5 Å². The van der Waals surface area contributed by atoms with Crippen LogP contribution in [0.5, 0.6) is 17.2 Å². The molecule has 1 aromatic carbocycles. The lowest BCUT2D eigenvalue weighted by Gasteiger charge is -2.22. The Morgan fingerprint density at radius 3 is 2.65 bits per heavy atom. The maximum atomic E-state index is 13.4. The van der Waals surface area contributed by atoms with Gasteiger partial charge in [-0.2, -0.15) is 0 Å². The van der Waals surface area contributed by atoms with Crippen molar-refractivity contribution in [1.29, 1.82) is 0 Å². The van der Waals surface area contributed by atoms with Gasteiger partial charge in [0.2, 0.25) is 5.91 Å². The lowest BCUT2D eigenvalue weighted by atomic mass is 9.83. The minimum atomic E-state index is -3.81. The number of hydrogen-bond acceptors (Lipinski definition) is 7. The van der Waals surface area contributed by atoms with E-state index in [0.717, 1.165) is 4.57 Å². The van der Waals surface area contributed by atoms with Gasteiger partial charge in [-0.1, -0.05) is 0 Å². The second kappa shape index (κ2) is 7.46. The third-order valence-electron chi connectivity index (χ3n) is 5.03. The molecule has 0 saturated carbocycles. The molecular formula is C19H17BrF2N2O7. The number of aromatic nitrogens is 1. The summed E-state index contributed by atoms with van der Waals surface area (Å²) in [7, 11) is 0. The van der Waals surface area contributed by atoms with E-state index in [1.807, 2.05) is 0 Å². The molecule has 0 radical (unpaired) electrons. The largest absolute Gasteiger partial charge is 0.586 e. The Kier molecular flexibility index (Phi) is 5.18. The van der Waals surface area contributed by atoms with E-state index in [4.69, 9.17) is 9.84 Å². The molecule has 2 aliphatic heterocycles. The van der Waals surface area contributed by atoms with E-state index in [9.17, 15) is 23.5 Å². The summed E-state index contributed by atoms with van der Waals surface area (Å²) >= 11 is 3.23. The molecule has 2 aliphatic rings. The van der Waals surface area contributed by atoms with Crippen LogP contribution in [-0.2, 0) is 16.8 Å². The average molecular weight is 503 g/mol. The maximum absolute atomic E-state index is 13.4. The van der Waals surface area contributed by atoms with Gasteiger partial charge >= 0.3 is 6.29 Å². The van der Waals surface area contributed by atoms with Crippen LogP contribution in [0.15, 0.2) is 33.7 Å². The number of aliphatic hydroxyl groups is 2. The van der Waals surface area contributed by atoms with Gasteiger partial charge in [0.1, 0.15) is 23.5 Å². The van der Waals surface area contributed by atoms with E-state index in [-0.39, 0.29) is 36.1 Å². The van der Waals surface area contributed by atoms with Crippen molar-refractivity contribution >= 4 is 27.5 Å². The topological polar surface area (TPSA) is 119 Å². The molecule has 0 saturated heterocycles. The van der Waals surface area contributed by atoms with Crippen LogP contribution in [-0.4, -0.2) is 46.3 Å². The Bertz CT molecular complexity index is 1120. The zero-order chi connectivity index (χ0) is 22.6. The van der Waals surface area contributed by atoms with Crippen LogP contribution in [0.2, 0.25) is 0 Å². The van der Waals surface area contributed by atoms with Gasteiger partial charge < -0.3 is 34.3 Å². The first-order chi connectivity index (χ1) is 14.5. The molecule has 166 valence electrons. The third-order valence-corrected chi connectivity index (χ3v) is 5.47. The number of amides is 1. The number of fused-ring (bicyclic) bond motifs is 2. The molecule has 2 aromatic rings. The molecule has 2 atom stereocenters. The van der Waals surface area contributed by atoms with Crippen LogP contribution >= 0.6 is 15.9 Å². The van der Waals surface area contributed by atoms with E-state index in [1.54, 1.807) is 6.92 Å². The molecule has 0 spiro atoms. The highest BCUT2D eigenvalue weighted by Gasteiger charge is 2.49. The van der Waals surface area contributed by atoms with E-state index < -0.39 is 35.9 Å². The molecule has 31 heavy (non-hydrogen) atoms. The smallest absolute Gasteiger partial charge is 0.492 e. The minimum Gasteiger partial charge on any atom is -0.492 e. The monoisotopic (exact) mass is 502 g/mol. The molecule has 9 nitrogen and oxygen atoms in total. The number of nitrogens with one attached hydrogen (secondary N) is 1. The summed E-state index contributed by atoms with van der Waals surface area (Å²) in [6.07, 6.45) is -3.56. The number of nitrogens with zero attached hydrogens (tertiary/aromatic N) is 1. The molecule has 12 heteroatoms. The molecule has 4 rings (SSSR count). The average Bonchev–Trinajstić information content (AvgIpc) is 3.18. The second-order valence-corrected chi connectivity index (χ2v) is 8.32. The van der Waals surface area contributed by atoms with Crippen molar-refractivity contribution in [1.82, 2.24) is 4.57 Å². The second-order valence-electron chi connectivity index (χ2n) is 7.40. The highest BCUT2D eigenvalue weighted by atomic mass is 79.9. The summed E-state index contributed by atoms with van der Waals surface area (Å²) < 4.78 is 42.7. The molecule has 0 bridgehead atoms. The van der Waals surface area contributed by atoms with Gasteiger partial charge in [-0.3, -0.25) is 9.59 Å². The zero-order valence-corrected chi connectivity index (χ0v) is 17.6. The number of carbonyl (C=O) groups is 1. The van der Waals surface area contributed by atoms with Crippen molar-refractivity contribution in [2.75, 3.05) is 18.5 Å². The molecule has 1 aromatic heterocycles. The predicted molar refractivity (Wildman–Crippen MR) is 106 cm³/mol. The first-order valence-corrected chi connectivity index (χ1v) is 9.89. The summed E-state index contributed by atoms with van der Waals surface area (Å²) in [5.74, 6) is -0.849. The van der Waals surface area contributed by atoms with Crippen molar-refractivity contribution in [3.63, 3.8) is 0 Å². The maximum Gasteiger partial charge on any atom is 0.586 e. The molecule has 1 amide bonds. The standard InChI is InChI=1S/C19H17BrF2N2O7/c1-18(8-29-13-4-15-14(3-11(13)18)30-19(21,22)31-15)17(28)23-12-2-9(20)5-24(16(12)27)6-10(26)7-25/h2-5,10,25-26H,6-8H2,1H3,(H,23,28)/t10-,18+/m1/s1. The van der Waals surface area contributed by atoms with Gasteiger partial charge in [-0.15, -0.1) is 8.78 Å². The first-order valence-electron chi connectivity index (χ1n) is 9.10. The van der Waals surface area contributed by atoms with E-state index in [2.05, 4.69) is 30.7 Å². The van der Waals surface area contributed by atoms with Crippen LogP contribution in [0.1, 0.15) is 12.5 Å². The van der Waals surface area contributed by atoms with Gasteiger partial charge in [0.05, 0.1) is 19.3 Å². The van der Waals surface area contributed by atoms with Gasteiger partial charge in [0.15, 0.2) is 11.5 Å². The number of carbonyl (C=O) groups excluding carboxylic acids is 1. The Hall–Kier alpha value is -2.70. The van der Waals surface area contributed by atoms with E-state index in [0.29, 0.717) is 10.0 Å². The number of ether oxygens (including phenoxy) is 3. The zero-order valence-electron chi connectivity index (χ0n) is 16.0. The Labute approximate surface area is 182 Å². The number of anilines is 1. The van der Waals surface area contributed by atoms with Crippen LogP contribution in [0, 0.1) is 0 Å². The van der Waals surface area contributed by atoms with Gasteiger partial charge in [0.25, 0.3) is 5.56 Å². The highest BCUT2D eigenvalue weighted by Crippen LogP contribution is 2.49. The van der Waals surface area contributed by atoms with Crippen LogP contribution < -0.4 is 25.1 Å². The molecule has 0 unspecified atom stereocenters. The normalized spacial score (nSPS) is 21.4. The van der Waals surface area contributed by atoms with Crippen molar-refractivity contribution in [3.8, 4) is 17.2 Å². The molecular weight excluding hydrogens is 486 g/mol. The van der Waals surface area contributed by atoms with Crippen molar-refractivity contribution in [2.45, 2.75) is 31.3 Å². The fourth-order valence-electron chi connectivity index (χ4n) is 3.39.